The Kier molecular flexibility index (Phi) is 5.19. The SMILES string of the molecule is CCOC(=O)/C=C(/C#Cc1ccccc1)C(F)(F)F. The largest absolute Gasteiger partial charge is 0.463 e. The first-order valence-corrected chi connectivity index (χ1v) is 5.46. The summed E-state index contributed by atoms with van der Waals surface area (Å²) in [5.74, 6) is 3.25. The summed E-state index contributed by atoms with van der Waals surface area (Å²) < 4.78 is 42.4. The van der Waals surface area contributed by atoms with Gasteiger partial charge in [0.05, 0.1) is 6.61 Å². The molecule has 0 aliphatic rings. The van der Waals surface area contributed by atoms with E-state index in [-0.39, 0.29) is 6.61 Å². The van der Waals surface area contributed by atoms with Crippen molar-refractivity contribution >= 4 is 5.97 Å². The van der Waals surface area contributed by atoms with E-state index in [0.29, 0.717) is 11.6 Å². The minimum Gasteiger partial charge on any atom is -0.463 e. The zero-order chi connectivity index (χ0) is 14.3. The monoisotopic (exact) mass is 268 g/mol. The molecule has 0 atom stereocenters. The number of benzene rings is 1. The molecule has 0 aliphatic carbocycles. The minimum absolute atomic E-state index is 0.00653. The van der Waals surface area contributed by atoms with Gasteiger partial charge < -0.3 is 4.74 Å². The Morgan fingerprint density at radius 1 is 1.32 bits per heavy atom. The molecule has 1 aromatic rings. The molecule has 1 rings (SSSR count). The van der Waals surface area contributed by atoms with E-state index in [0.717, 1.165) is 0 Å². The third-order valence-corrected chi connectivity index (χ3v) is 1.97. The van der Waals surface area contributed by atoms with Crippen LogP contribution in [0.1, 0.15) is 12.5 Å². The van der Waals surface area contributed by atoms with Crippen molar-refractivity contribution in [2.75, 3.05) is 6.61 Å². The smallest absolute Gasteiger partial charge is 0.424 e. The predicted octanol–water partition coefficient (Wildman–Crippen LogP) is 3.09. The number of alkyl halides is 3. The maximum absolute atomic E-state index is 12.6. The highest BCUT2D eigenvalue weighted by atomic mass is 19.4. The van der Waals surface area contributed by atoms with Gasteiger partial charge in [0.15, 0.2) is 0 Å². The molecule has 0 bridgehead atoms. The van der Waals surface area contributed by atoms with E-state index < -0.39 is 17.7 Å². The van der Waals surface area contributed by atoms with Crippen molar-refractivity contribution in [3.05, 3.63) is 47.5 Å². The van der Waals surface area contributed by atoms with Gasteiger partial charge in [-0.15, -0.1) is 0 Å². The van der Waals surface area contributed by atoms with Gasteiger partial charge in [-0.25, -0.2) is 4.79 Å². The fraction of sp³-hybridized carbons (Fsp3) is 0.214. The average Bonchev–Trinajstić information content (AvgIpc) is 2.34. The van der Waals surface area contributed by atoms with Gasteiger partial charge in [-0.1, -0.05) is 30.0 Å². The number of carbonyl (C=O) groups excluding carboxylic acids is 1. The molecule has 0 saturated heterocycles. The number of carbonyl (C=O) groups is 1. The van der Waals surface area contributed by atoms with Crippen LogP contribution in [0.5, 0.6) is 0 Å². The second-order valence-corrected chi connectivity index (χ2v) is 3.42. The summed E-state index contributed by atoms with van der Waals surface area (Å²) >= 11 is 0. The van der Waals surface area contributed by atoms with Crippen molar-refractivity contribution in [2.45, 2.75) is 13.1 Å². The highest BCUT2D eigenvalue weighted by Gasteiger charge is 2.33. The van der Waals surface area contributed by atoms with E-state index in [1.807, 2.05) is 5.92 Å². The van der Waals surface area contributed by atoms with Crippen LogP contribution in [0.4, 0.5) is 13.2 Å². The highest BCUT2D eigenvalue weighted by molar-refractivity contribution is 5.84. The lowest BCUT2D eigenvalue weighted by molar-refractivity contribution is -0.138. The van der Waals surface area contributed by atoms with E-state index >= 15 is 0 Å². The summed E-state index contributed by atoms with van der Waals surface area (Å²) in [7, 11) is 0. The zero-order valence-electron chi connectivity index (χ0n) is 10.1. The minimum atomic E-state index is -4.69. The number of hydrogen-bond acceptors (Lipinski definition) is 2. The summed E-state index contributed by atoms with van der Waals surface area (Å²) in [5.41, 5.74) is -0.795. The summed E-state index contributed by atoms with van der Waals surface area (Å²) in [6, 6.07) is 8.19. The first kappa shape index (κ1) is 14.8. The van der Waals surface area contributed by atoms with E-state index in [2.05, 4.69) is 10.7 Å². The topological polar surface area (TPSA) is 26.3 Å². The van der Waals surface area contributed by atoms with Gasteiger partial charge in [-0.2, -0.15) is 13.2 Å². The van der Waals surface area contributed by atoms with Crippen LogP contribution in [0.15, 0.2) is 42.0 Å². The van der Waals surface area contributed by atoms with Crippen molar-refractivity contribution in [1.29, 1.82) is 0 Å². The standard InChI is InChI=1S/C14H11F3O2/c1-2-19-13(18)10-12(14(15,16)17)9-8-11-6-4-3-5-7-11/h3-7,10H,2H2,1H3/b12-10-. The van der Waals surface area contributed by atoms with Gasteiger partial charge in [0.2, 0.25) is 0 Å². The van der Waals surface area contributed by atoms with E-state index in [1.165, 1.54) is 6.92 Å². The Bertz CT molecular complexity index is 519. The second kappa shape index (κ2) is 6.64. The molecule has 0 unspecified atom stereocenters. The molecule has 1 aromatic carbocycles. The Morgan fingerprint density at radius 2 is 1.95 bits per heavy atom. The van der Waals surface area contributed by atoms with Crippen molar-refractivity contribution in [1.82, 2.24) is 0 Å². The predicted molar refractivity (Wildman–Crippen MR) is 64.1 cm³/mol. The van der Waals surface area contributed by atoms with Crippen molar-refractivity contribution in [2.24, 2.45) is 0 Å². The molecule has 0 fully saturated rings. The summed E-state index contributed by atoms with van der Waals surface area (Å²) in [5, 5.41) is 0. The van der Waals surface area contributed by atoms with Crippen LogP contribution >= 0.6 is 0 Å². The third-order valence-electron chi connectivity index (χ3n) is 1.97. The number of rotatable bonds is 2. The fourth-order valence-electron chi connectivity index (χ4n) is 1.15. The Balaban J connectivity index is 3.01. The summed E-state index contributed by atoms with van der Waals surface area (Å²) in [6.45, 7) is 1.52. The Hall–Kier alpha value is -2.22. The number of halogens is 3. The molecule has 0 aliphatic heterocycles. The van der Waals surface area contributed by atoms with Crippen molar-refractivity contribution in [3.63, 3.8) is 0 Å². The van der Waals surface area contributed by atoms with E-state index in [9.17, 15) is 18.0 Å². The molecule has 0 spiro atoms. The number of allylic oxidation sites excluding steroid dienone is 1. The van der Waals surface area contributed by atoms with Crippen LogP contribution in [-0.2, 0) is 9.53 Å². The number of ether oxygens (including phenoxy) is 1. The summed E-state index contributed by atoms with van der Waals surface area (Å²) in [6.07, 6.45) is -4.33. The molecular weight excluding hydrogens is 257 g/mol. The molecule has 0 N–H and O–H groups in total. The van der Waals surface area contributed by atoms with E-state index in [1.54, 1.807) is 30.3 Å². The molecule has 2 nitrogen and oxygen atoms in total. The highest BCUT2D eigenvalue weighted by Crippen LogP contribution is 2.25. The van der Waals surface area contributed by atoms with Crippen LogP contribution in [0.25, 0.3) is 0 Å². The zero-order valence-corrected chi connectivity index (χ0v) is 10.1. The molecule has 0 saturated carbocycles. The lowest BCUT2D eigenvalue weighted by Crippen LogP contribution is -2.13. The second-order valence-electron chi connectivity index (χ2n) is 3.42. The maximum atomic E-state index is 12.6. The van der Waals surface area contributed by atoms with Crippen LogP contribution < -0.4 is 0 Å². The lowest BCUT2D eigenvalue weighted by atomic mass is 10.2. The molecular formula is C14H11F3O2. The van der Waals surface area contributed by atoms with Crippen molar-refractivity contribution < 1.29 is 22.7 Å². The molecule has 100 valence electrons. The Labute approximate surface area is 108 Å². The van der Waals surface area contributed by atoms with Crippen LogP contribution in [-0.4, -0.2) is 18.8 Å². The number of hydrogen-bond donors (Lipinski definition) is 0. The molecule has 0 radical (unpaired) electrons. The summed E-state index contributed by atoms with van der Waals surface area (Å²) in [4.78, 5) is 11.0. The molecule has 0 aromatic heterocycles. The fourth-order valence-corrected chi connectivity index (χ4v) is 1.15. The Morgan fingerprint density at radius 3 is 2.47 bits per heavy atom. The quantitative estimate of drug-likeness (QED) is 0.468. The molecule has 19 heavy (non-hydrogen) atoms. The number of esters is 1. The third kappa shape index (κ3) is 5.30. The first-order valence-electron chi connectivity index (χ1n) is 5.46. The van der Waals surface area contributed by atoms with Crippen LogP contribution in [0, 0.1) is 11.8 Å². The normalized spacial score (nSPS) is 11.5. The van der Waals surface area contributed by atoms with Crippen LogP contribution in [0.3, 0.4) is 0 Å². The molecule has 5 heteroatoms. The average molecular weight is 268 g/mol. The van der Waals surface area contributed by atoms with Gasteiger partial charge in [-0.3, -0.25) is 0 Å². The van der Waals surface area contributed by atoms with Crippen molar-refractivity contribution in [3.8, 4) is 11.8 Å². The first-order chi connectivity index (χ1) is 8.93. The molecule has 0 amide bonds. The lowest BCUT2D eigenvalue weighted by Gasteiger charge is -2.05. The van der Waals surface area contributed by atoms with E-state index in [4.69, 9.17) is 0 Å². The van der Waals surface area contributed by atoms with Gasteiger partial charge in [0.25, 0.3) is 0 Å². The van der Waals surface area contributed by atoms with Gasteiger partial charge in [0, 0.05) is 11.6 Å². The van der Waals surface area contributed by atoms with Gasteiger partial charge in [-0.05, 0) is 19.1 Å². The molecule has 0 heterocycles. The maximum Gasteiger partial charge on any atom is 0.424 e. The van der Waals surface area contributed by atoms with Crippen LogP contribution in [0.2, 0.25) is 0 Å². The van der Waals surface area contributed by atoms with Gasteiger partial charge in [0.1, 0.15) is 5.57 Å². The van der Waals surface area contributed by atoms with Gasteiger partial charge >= 0.3 is 12.1 Å².